The third-order valence-corrected chi connectivity index (χ3v) is 2.77. The molecule has 1 atom stereocenters. The fraction of sp³-hybridized carbons (Fsp3) is 0.364. The van der Waals surface area contributed by atoms with Crippen LogP contribution in [0.2, 0.25) is 0 Å². The topological polar surface area (TPSA) is 52.6 Å². The van der Waals surface area contributed by atoms with E-state index < -0.39 is 14.0 Å². The third kappa shape index (κ3) is 3.99. The molecule has 0 amide bonds. The number of esters is 1. The van der Waals surface area contributed by atoms with Crippen molar-refractivity contribution in [2.45, 2.75) is 13.8 Å². The molecule has 0 aromatic heterocycles. The van der Waals surface area contributed by atoms with E-state index in [1.54, 1.807) is 19.1 Å². The zero-order valence-corrected chi connectivity index (χ0v) is 10.2. The van der Waals surface area contributed by atoms with E-state index in [2.05, 4.69) is 4.74 Å². The Morgan fingerprint density at radius 2 is 2.06 bits per heavy atom. The summed E-state index contributed by atoms with van der Waals surface area (Å²) in [6, 6.07) is 7.22. The number of para-hydroxylation sites is 1. The predicted molar refractivity (Wildman–Crippen MR) is 60.9 cm³/mol. The van der Waals surface area contributed by atoms with E-state index in [9.17, 15) is 9.36 Å². The molecule has 0 fully saturated rings. The highest BCUT2D eigenvalue weighted by molar-refractivity contribution is 7.40. The van der Waals surface area contributed by atoms with Gasteiger partial charge in [0, 0.05) is 0 Å². The van der Waals surface area contributed by atoms with Crippen LogP contribution in [0.1, 0.15) is 12.5 Å². The number of rotatable bonds is 5. The molecule has 0 saturated heterocycles. The lowest BCUT2D eigenvalue weighted by atomic mass is 10.2. The second-order valence-corrected chi connectivity index (χ2v) is 4.32. The summed E-state index contributed by atoms with van der Waals surface area (Å²) in [6.07, 6.45) is -0.211. The average molecular weight is 241 g/mol. The zero-order chi connectivity index (χ0) is 12.0. The van der Waals surface area contributed by atoms with Gasteiger partial charge in [0.15, 0.2) is 5.75 Å². The Hall–Kier alpha value is -1.41. The first-order chi connectivity index (χ1) is 7.63. The van der Waals surface area contributed by atoms with Crippen LogP contribution in [0.5, 0.6) is 5.75 Å². The number of hydrogen-bond acceptors (Lipinski definition) is 4. The predicted octanol–water partition coefficient (Wildman–Crippen LogP) is 2.68. The van der Waals surface area contributed by atoms with Gasteiger partial charge in [-0.25, -0.2) is 4.79 Å². The van der Waals surface area contributed by atoms with Gasteiger partial charge in [-0.05, 0) is 30.0 Å². The van der Waals surface area contributed by atoms with E-state index >= 15 is 0 Å². The number of hydrogen-bond donors (Lipinski definition) is 0. The summed E-state index contributed by atoms with van der Waals surface area (Å²) in [6.45, 7) is 3.84. The van der Waals surface area contributed by atoms with Crippen molar-refractivity contribution in [2.24, 2.45) is 0 Å². The van der Waals surface area contributed by atoms with Gasteiger partial charge in [-0.3, -0.25) is 4.52 Å². The molecule has 0 radical (unpaired) electrons. The Morgan fingerprint density at radius 1 is 1.38 bits per heavy atom. The van der Waals surface area contributed by atoms with Gasteiger partial charge in [-0.15, -0.1) is 0 Å². The highest BCUT2D eigenvalue weighted by Gasteiger charge is 2.26. The third-order valence-electron chi connectivity index (χ3n) is 1.86. The molecule has 1 aromatic rings. The van der Waals surface area contributed by atoms with E-state index in [0.717, 1.165) is 5.56 Å². The van der Waals surface area contributed by atoms with Crippen LogP contribution in [0.4, 0.5) is 0 Å². The van der Waals surface area contributed by atoms with Gasteiger partial charge < -0.3 is 4.74 Å². The van der Waals surface area contributed by atoms with Crippen molar-refractivity contribution in [1.82, 2.24) is 0 Å². The average Bonchev–Trinajstić information content (AvgIpc) is 2.21. The molecular weight excluding hydrogens is 227 g/mol. The lowest BCUT2D eigenvalue weighted by Crippen LogP contribution is -2.07. The smallest absolute Gasteiger partial charge is 0.463 e. The summed E-state index contributed by atoms with van der Waals surface area (Å²) in [5, 5.41) is 0. The molecule has 0 spiro atoms. The van der Waals surface area contributed by atoms with Crippen molar-refractivity contribution in [2.75, 3.05) is 12.8 Å². The maximum Gasteiger partial charge on any atom is 0.568 e. The van der Waals surface area contributed by atoms with Crippen LogP contribution in [0, 0.1) is 6.92 Å². The second-order valence-electron chi connectivity index (χ2n) is 3.15. The minimum atomic E-state index is -2.05. The SMILES string of the molecule is CCOC(=O)C[P+](=O)Oc1ccccc1C. The molecule has 0 aliphatic carbocycles. The molecule has 86 valence electrons. The molecule has 0 aliphatic rings. The summed E-state index contributed by atoms with van der Waals surface area (Å²) < 4.78 is 21.3. The van der Waals surface area contributed by atoms with Crippen molar-refractivity contribution < 1.29 is 18.6 Å². The molecule has 5 heteroatoms. The monoisotopic (exact) mass is 241 g/mol. The Bertz CT molecular complexity index is 389. The Kier molecular flexibility index (Phi) is 4.93. The van der Waals surface area contributed by atoms with Gasteiger partial charge >= 0.3 is 14.0 Å². The standard InChI is InChI=1S/C11H14O4P/c1-3-14-11(12)8-16(13)15-10-7-5-4-6-9(10)2/h4-7H,3,8H2,1-2H3/q+1. The van der Waals surface area contributed by atoms with Gasteiger partial charge in [0.2, 0.25) is 0 Å². The van der Waals surface area contributed by atoms with Crippen LogP contribution in [0.15, 0.2) is 24.3 Å². The maximum absolute atomic E-state index is 11.5. The molecule has 0 saturated carbocycles. The van der Waals surface area contributed by atoms with Crippen molar-refractivity contribution in [1.29, 1.82) is 0 Å². The molecule has 4 nitrogen and oxygen atoms in total. The Morgan fingerprint density at radius 3 is 2.69 bits per heavy atom. The summed E-state index contributed by atoms with van der Waals surface area (Å²) in [7, 11) is -2.05. The zero-order valence-electron chi connectivity index (χ0n) is 9.30. The van der Waals surface area contributed by atoms with Crippen molar-refractivity contribution in [3.8, 4) is 5.75 Å². The summed E-state index contributed by atoms with van der Waals surface area (Å²) in [4.78, 5) is 11.0. The van der Waals surface area contributed by atoms with Gasteiger partial charge in [0.05, 0.1) is 6.61 Å². The highest BCUT2D eigenvalue weighted by Crippen LogP contribution is 2.29. The minimum Gasteiger partial charge on any atom is -0.463 e. The Balaban J connectivity index is 2.52. The maximum atomic E-state index is 11.5. The highest BCUT2D eigenvalue weighted by atomic mass is 31.1. The Labute approximate surface area is 95.4 Å². The molecule has 0 aliphatic heterocycles. The molecule has 0 heterocycles. The number of ether oxygens (including phenoxy) is 1. The van der Waals surface area contributed by atoms with E-state index in [-0.39, 0.29) is 12.8 Å². The van der Waals surface area contributed by atoms with Crippen molar-refractivity contribution >= 4 is 14.0 Å². The first kappa shape index (κ1) is 12.7. The molecule has 0 bridgehead atoms. The van der Waals surface area contributed by atoms with Crippen molar-refractivity contribution in [3.05, 3.63) is 29.8 Å². The number of aryl methyl sites for hydroxylation is 1. The molecule has 16 heavy (non-hydrogen) atoms. The molecule has 1 aromatic carbocycles. The summed E-state index contributed by atoms with van der Waals surface area (Å²) in [5.41, 5.74) is 0.884. The largest absolute Gasteiger partial charge is 0.568 e. The normalized spacial score (nSPS) is 10.8. The first-order valence-electron chi connectivity index (χ1n) is 4.97. The van der Waals surface area contributed by atoms with Crippen LogP contribution in [-0.2, 0) is 14.1 Å². The molecular formula is C11H14O4P+. The lowest BCUT2D eigenvalue weighted by Gasteiger charge is -1.98. The quantitative estimate of drug-likeness (QED) is 0.587. The van der Waals surface area contributed by atoms with Crippen molar-refractivity contribution in [3.63, 3.8) is 0 Å². The molecule has 1 unspecified atom stereocenters. The van der Waals surface area contributed by atoms with Crippen LogP contribution >= 0.6 is 8.03 Å². The fourth-order valence-electron chi connectivity index (χ4n) is 1.11. The van der Waals surface area contributed by atoms with Gasteiger partial charge in [-0.1, -0.05) is 18.2 Å². The first-order valence-corrected chi connectivity index (χ1v) is 6.33. The lowest BCUT2D eigenvalue weighted by molar-refractivity contribution is -0.140. The summed E-state index contributed by atoms with van der Waals surface area (Å²) >= 11 is 0. The van der Waals surface area contributed by atoms with Crippen LogP contribution < -0.4 is 4.52 Å². The fourth-order valence-corrected chi connectivity index (χ4v) is 1.90. The number of carbonyl (C=O) groups is 1. The van der Waals surface area contributed by atoms with E-state index in [1.807, 2.05) is 19.1 Å². The number of carbonyl (C=O) groups excluding carboxylic acids is 1. The van der Waals surface area contributed by atoms with Crippen LogP contribution in [0.3, 0.4) is 0 Å². The minimum absolute atomic E-state index is 0.211. The second kappa shape index (κ2) is 6.23. The van der Waals surface area contributed by atoms with Crippen LogP contribution in [0.25, 0.3) is 0 Å². The summed E-state index contributed by atoms with van der Waals surface area (Å²) in [5.74, 6) is 0.0325. The van der Waals surface area contributed by atoms with Gasteiger partial charge in [-0.2, -0.15) is 0 Å². The van der Waals surface area contributed by atoms with E-state index in [0.29, 0.717) is 5.75 Å². The van der Waals surface area contributed by atoms with Gasteiger partial charge in [0.25, 0.3) is 6.16 Å². The number of benzene rings is 1. The molecule has 0 N–H and O–H groups in total. The molecule has 1 rings (SSSR count). The van der Waals surface area contributed by atoms with E-state index in [4.69, 9.17) is 4.52 Å². The van der Waals surface area contributed by atoms with Crippen LogP contribution in [-0.4, -0.2) is 18.7 Å². The van der Waals surface area contributed by atoms with Gasteiger partial charge in [0.1, 0.15) is 0 Å². The van der Waals surface area contributed by atoms with E-state index in [1.165, 1.54) is 0 Å².